The Balaban J connectivity index is 1.41. The number of thiazole rings is 1. The number of benzene rings is 1. The number of nitrogens with one attached hydrogen (secondary N) is 1. The van der Waals surface area contributed by atoms with Crippen LogP contribution in [-0.2, 0) is 6.54 Å². The molecule has 0 atom stereocenters. The van der Waals surface area contributed by atoms with Gasteiger partial charge in [-0.1, -0.05) is 18.2 Å². The van der Waals surface area contributed by atoms with Crippen molar-refractivity contribution >= 4 is 34.5 Å². The van der Waals surface area contributed by atoms with Crippen molar-refractivity contribution in [3.8, 4) is 6.07 Å². The Morgan fingerprint density at radius 1 is 1.13 bits per heavy atom. The van der Waals surface area contributed by atoms with E-state index in [1.807, 2.05) is 58.6 Å². The van der Waals surface area contributed by atoms with Crippen LogP contribution < -0.4 is 5.32 Å². The molecule has 3 heterocycles. The first-order valence-corrected chi connectivity index (χ1v) is 10.1. The van der Waals surface area contributed by atoms with Gasteiger partial charge >= 0.3 is 0 Å². The van der Waals surface area contributed by atoms with E-state index in [0.29, 0.717) is 22.9 Å². The fourth-order valence-electron chi connectivity index (χ4n) is 2.87. The van der Waals surface area contributed by atoms with E-state index in [1.165, 1.54) is 11.3 Å². The number of nitrogens with zero attached hydrogens (tertiary/aromatic N) is 4. The Morgan fingerprint density at radius 3 is 2.70 bits per heavy atom. The highest BCUT2D eigenvalue weighted by molar-refractivity contribution is 7.14. The Morgan fingerprint density at radius 2 is 1.93 bits per heavy atom. The third kappa shape index (κ3) is 4.69. The smallest absolute Gasteiger partial charge is 0.274 e. The first-order valence-electron chi connectivity index (χ1n) is 9.20. The molecule has 4 aromatic rings. The van der Waals surface area contributed by atoms with Crippen LogP contribution in [0.1, 0.15) is 32.9 Å². The zero-order valence-corrected chi connectivity index (χ0v) is 16.7. The lowest BCUT2D eigenvalue weighted by Gasteiger charge is -2.08. The highest BCUT2D eigenvalue weighted by Gasteiger charge is 2.13. The molecule has 0 aliphatic carbocycles. The summed E-state index contributed by atoms with van der Waals surface area (Å²) in [4.78, 5) is 21.2. The fourth-order valence-corrected chi connectivity index (χ4v) is 3.55. The number of hydrogen-bond acceptors (Lipinski definition) is 5. The molecule has 0 fully saturated rings. The molecule has 1 amide bonds. The van der Waals surface area contributed by atoms with Crippen molar-refractivity contribution in [3.63, 3.8) is 0 Å². The summed E-state index contributed by atoms with van der Waals surface area (Å²) in [7, 11) is 0. The van der Waals surface area contributed by atoms with Gasteiger partial charge in [0, 0.05) is 30.5 Å². The molecule has 0 radical (unpaired) electrons. The number of rotatable bonds is 6. The number of amides is 1. The van der Waals surface area contributed by atoms with Crippen molar-refractivity contribution in [1.29, 1.82) is 5.26 Å². The molecule has 1 aromatic carbocycles. The van der Waals surface area contributed by atoms with Gasteiger partial charge in [-0.25, -0.2) is 4.98 Å². The van der Waals surface area contributed by atoms with Gasteiger partial charge < -0.3 is 4.57 Å². The van der Waals surface area contributed by atoms with Crippen LogP contribution in [0.4, 0.5) is 5.13 Å². The second-order valence-electron chi connectivity index (χ2n) is 6.48. The minimum atomic E-state index is -0.203. The molecule has 3 aromatic heterocycles. The van der Waals surface area contributed by atoms with Crippen molar-refractivity contribution in [1.82, 2.24) is 14.5 Å². The standard InChI is InChI=1S/C23H17N5OS/c24-14-18-5-3-17(4-6-18)7-8-20-16-30-23(26-20)27-22(29)21-2-1-13-28(21)15-19-9-11-25-12-10-19/h1-13,16H,15H2,(H,26,27,29)/b8-7+. The van der Waals surface area contributed by atoms with Crippen LogP contribution in [0.15, 0.2) is 72.5 Å². The van der Waals surface area contributed by atoms with Crippen LogP contribution in [0, 0.1) is 11.3 Å². The van der Waals surface area contributed by atoms with Crippen molar-refractivity contribution in [2.75, 3.05) is 5.32 Å². The number of pyridine rings is 1. The summed E-state index contributed by atoms with van der Waals surface area (Å²) < 4.78 is 1.89. The number of carbonyl (C=O) groups excluding carboxylic acids is 1. The molecule has 6 nitrogen and oxygen atoms in total. The third-order valence-electron chi connectivity index (χ3n) is 4.39. The largest absolute Gasteiger partial charge is 0.339 e. The van der Waals surface area contributed by atoms with E-state index in [1.54, 1.807) is 30.6 Å². The highest BCUT2D eigenvalue weighted by atomic mass is 32.1. The molecule has 0 saturated heterocycles. The molecule has 146 valence electrons. The molecule has 7 heteroatoms. The highest BCUT2D eigenvalue weighted by Crippen LogP contribution is 2.19. The van der Waals surface area contributed by atoms with Gasteiger partial charge in [-0.05, 0) is 53.6 Å². The maximum Gasteiger partial charge on any atom is 0.274 e. The van der Waals surface area contributed by atoms with E-state index in [9.17, 15) is 4.79 Å². The summed E-state index contributed by atoms with van der Waals surface area (Å²) >= 11 is 1.37. The van der Waals surface area contributed by atoms with Gasteiger partial charge in [-0.2, -0.15) is 5.26 Å². The second kappa shape index (κ2) is 8.99. The van der Waals surface area contributed by atoms with Gasteiger partial charge in [0.1, 0.15) is 5.69 Å². The summed E-state index contributed by atoms with van der Waals surface area (Å²) in [5.41, 5.74) is 3.99. The lowest BCUT2D eigenvalue weighted by Crippen LogP contribution is -2.17. The Hall–Kier alpha value is -4.02. The van der Waals surface area contributed by atoms with E-state index in [4.69, 9.17) is 5.26 Å². The molecule has 4 rings (SSSR count). The normalized spacial score (nSPS) is 10.8. The SMILES string of the molecule is N#Cc1ccc(/C=C/c2csc(NC(=O)c3cccn3Cc3ccncc3)n2)cc1. The third-order valence-corrected chi connectivity index (χ3v) is 5.17. The number of aromatic nitrogens is 3. The molecular weight excluding hydrogens is 394 g/mol. The topological polar surface area (TPSA) is 83.6 Å². The van der Waals surface area contributed by atoms with E-state index >= 15 is 0 Å². The molecular formula is C23H17N5OS. The van der Waals surface area contributed by atoms with E-state index in [-0.39, 0.29) is 5.91 Å². The maximum absolute atomic E-state index is 12.7. The maximum atomic E-state index is 12.7. The van der Waals surface area contributed by atoms with Gasteiger partial charge in [0.2, 0.25) is 0 Å². The fraction of sp³-hybridized carbons (Fsp3) is 0.0435. The van der Waals surface area contributed by atoms with Gasteiger partial charge in [0.05, 0.1) is 17.3 Å². The molecule has 0 saturated carbocycles. The average molecular weight is 411 g/mol. The van der Waals surface area contributed by atoms with Crippen LogP contribution in [0.2, 0.25) is 0 Å². The average Bonchev–Trinajstić information content (AvgIpc) is 3.43. The molecule has 0 aliphatic rings. The Bertz CT molecular complexity index is 1220. The molecule has 0 bridgehead atoms. The van der Waals surface area contributed by atoms with E-state index in [0.717, 1.165) is 16.8 Å². The summed E-state index contributed by atoms with van der Waals surface area (Å²) in [6.45, 7) is 0.592. The van der Waals surface area contributed by atoms with Crippen molar-refractivity contribution < 1.29 is 4.79 Å². The summed E-state index contributed by atoms with van der Waals surface area (Å²) in [5.74, 6) is -0.203. The monoisotopic (exact) mass is 411 g/mol. The summed E-state index contributed by atoms with van der Waals surface area (Å²) in [5, 5.41) is 14.1. The summed E-state index contributed by atoms with van der Waals surface area (Å²) in [6.07, 6.45) is 9.15. The van der Waals surface area contributed by atoms with Crippen LogP contribution >= 0.6 is 11.3 Å². The number of nitriles is 1. The van der Waals surface area contributed by atoms with Gasteiger partial charge in [-0.3, -0.25) is 15.1 Å². The van der Waals surface area contributed by atoms with Crippen LogP contribution in [0.3, 0.4) is 0 Å². The number of carbonyl (C=O) groups is 1. The lowest BCUT2D eigenvalue weighted by atomic mass is 10.1. The predicted molar refractivity (Wildman–Crippen MR) is 118 cm³/mol. The van der Waals surface area contributed by atoms with Gasteiger partial charge in [0.15, 0.2) is 5.13 Å². The molecule has 0 spiro atoms. The Labute approximate surface area is 177 Å². The minimum absolute atomic E-state index is 0.203. The van der Waals surface area contributed by atoms with Crippen molar-refractivity contribution in [3.05, 3.63) is 101 Å². The van der Waals surface area contributed by atoms with E-state index in [2.05, 4.69) is 21.4 Å². The van der Waals surface area contributed by atoms with Crippen LogP contribution in [0.5, 0.6) is 0 Å². The first kappa shape index (κ1) is 19.3. The molecule has 1 N–H and O–H groups in total. The van der Waals surface area contributed by atoms with Crippen LogP contribution in [-0.4, -0.2) is 20.4 Å². The first-order chi connectivity index (χ1) is 14.7. The second-order valence-corrected chi connectivity index (χ2v) is 7.33. The molecule has 0 unspecified atom stereocenters. The van der Waals surface area contributed by atoms with E-state index < -0.39 is 0 Å². The summed E-state index contributed by atoms with van der Waals surface area (Å²) in [6, 6.07) is 16.9. The number of anilines is 1. The van der Waals surface area contributed by atoms with Crippen molar-refractivity contribution in [2.24, 2.45) is 0 Å². The van der Waals surface area contributed by atoms with Crippen LogP contribution in [0.25, 0.3) is 12.2 Å². The van der Waals surface area contributed by atoms with Gasteiger partial charge in [-0.15, -0.1) is 11.3 Å². The number of hydrogen-bond donors (Lipinski definition) is 1. The van der Waals surface area contributed by atoms with Gasteiger partial charge in [0.25, 0.3) is 5.91 Å². The quantitative estimate of drug-likeness (QED) is 0.499. The lowest BCUT2D eigenvalue weighted by molar-refractivity contribution is 0.101. The minimum Gasteiger partial charge on any atom is -0.339 e. The molecule has 30 heavy (non-hydrogen) atoms. The molecule has 0 aliphatic heterocycles. The zero-order chi connectivity index (χ0) is 20.8. The zero-order valence-electron chi connectivity index (χ0n) is 15.9. The van der Waals surface area contributed by atoms with Crippen molar-refractivity contribution in [2.45, 2.75) is 6.54 Å². The predicted octanol–water partition coefficient (Wildman–Crippen LogP) is 4.68. The Kier molecular flexibility index (Phi) is 5.78.